The number of nitrogens with zero attached hydrogens (tertiary/aromatic N) is 3. The van der Waals surface area contributed by atoms with Gasteiger partial charge in [-0.25, -0.2) is 18.9 Å². The molecular formula is C51H52N5O15P. The third kappa shape index (κ3) is 12.8. The van der Waals surface area contributed by atoms with Crippen molar-refractivity contribution < 1.29 is 66.2 Å². The average Bonchev–Trinajstić information content (AvgIpc) is 3.86. The van der Waals surface area contributed by atoms with Crippen LogP contribution in [0.5, 0.6) is 5.75 Å². The van der Waals surface area contributed by atoms with Gasteiger partial charge in [-0.15, -0.1) is 0 Å². The minimum atomic E-state index is -4.72. The first-order valence-corrected chi connectivity index (χ1v) is 24.4. The van der Waals surface area contributed by atoms with E-state index in [4.69, 9.17) is 32.5 Å². The Morgan fingerprint density at radius 2 is 1.42 bits per heavy atom. The number of carboxylic acid groups (broad SMARTS) is 1. The van der Waals surface area contributed by atoms with Gasteiger partial charge in [-0.1, -0.05) is 107 Å². The summed E-state index contributed by atoms with van der Waals surface area (Å²) >= 11 is 0. The molecule has 2 aliphatic rings. The molecule has 5 aromatic rings. The van der Waals surface area contributed by atoms with E-state index < -0.39 is 99.1 Å². The summed E-state index contributed by atoms with van der Waals surface area (Å²) in [5.41, 5.74) is 3.83. The minimum Gasteiger partial charge on any atom is -0.480 e. The Morgan fingerprint density at radius 3 is 2.01 bits per heavy atom. The fourth-order valence-electron chi connectivity index (χ4n) is 7.82. The predicted molar refractivity (Wildman–Crippen MR) is 256 cm³/mol. The van der Waals surface area contributed by atoms with Gasteiger partial charge in [0.2, 0.25) is 0 Å². The largest absolute Gasteiger partial charge is 0.530 e. The predicted octanol–water partition coefficient (Wildman–Crippen LogP) is 7.20. The lowest BCUT2D eigenvalue weighted by atomic mass is 9.98. The number of carbonyl (C=O) groups is 5. The van der Waals surface area contributed by atoms with Crippen molar-refractivity contribution in [2.24, 2.45) is 11.8 Å². The highest BCUT2D eigenvalue weighted by Gasteiger charge is 2.52. The van der Waals surface area contributed by atoms with Crippen molar-refractivity contribution in [1.82, 2.24) is 14.9 Å². The van der Waals surface area contributed by atoms with Crippen molar-refractivity contribution >= 4 is 43.5 Å². The van der Waals surface area contributed by atoms with Crippen LogP contribution in [0.1, 0.15) is 73.3 Å². The standard InChI is InChI=1S/C51H52N5O15P/c1-30(2)48(60)69-43-41(68-46(44(43)70-49(61)31(3)4)56-25-23-42(55-50(56)62)54-45(57)33-13-6-5-7-14-33)29-67-72(64,66-26-12-24-52)71-34-21-19-32(20-22-34)27-40(47(58)59)53-51(63)65-28-39-37-17-10-8-15-35(37)36-16-9-11-18-38(36)39/h5-11,13-23,25,30-31,39-41,43-44,46H,12,26-29H2,1-4H3,(H,53,63)(H,58,59)(H,54,55,57,62)/t40-,41+,43+,44+,46+,72?/m0/s1. The van der Waals surface area contributed by atoms with E-state index in [9.17, 15) is 43.7 Å². The highest BCUT2D eigenvalue weighted by Crippen LogP contribution is 2.51. The van der Waals surface area contributed by atoms with Crippen LogP contribution >= 0.6 is 7.82 Å². The molecular weight excluding hydrogens is 954 g/mol. The van der Waals surface area contributed by atoms with E-state index in [0.29, 0.717) is 11.1 Å². The summed E-state index contributed by atoms with van der Waals surface area (Å²) in [6.07, 6.45) is -6.01. The topological polar surface area (TPSA) is 270 Å². The second-order valence-electron chi connectivity index (χ2n) is 17.3. The maximum atomic E-state index is 14.3. The second kappa shape index (κ2) is 23.5. The van der Waals surface area contributed by atoms with E-state index in [0.717, 1.165) is 26.8 Å². The maximum absolute atomic E-state index is 14.3. The number of ether oxygens (including phenoxy) is 4. The smallest absolute Gasteiger partial charge is 0.480 e. The van der Waals surface area contributed by atoms with Crippen LogP contribution < -0.4 is 20.8 Å². The molecule has 1 aliphatic carbocycles. The number of esters is 2. The molecule has 1 fully saturated rings. The molecule has 21 heteroatoms. The molecule has 4 aromatic carbocycles. The molecule has 1 unspecified atom stereocenters. The molecule has 7 rings (SSSR count). The van der Waals surface area contributed by atoms with E-state index in [2.05, 4.69) is 15.6 Å². The number of nitriles is 1. The van der Waals surface area contributed by atoms with Gasteiger partial charge in [0.05, 0.1) is 37.5 Å². The molecule has 3 N–H and O–H groups in total. The number of carbonyl (C=O) groups excluding carboxylic acids is 4. The van der Waals surface area contributed by atoms with Gasteiger partial charge < -0.3 is 39.2 Å². The number of aromatic nitrogens is 2. The van der Waals surface area contributed by atoms with Gasteiger partial charge in [-0.05, 0) is 58.1 Å². The first-order valence-electron chi connectivity index (χ1n) is 22.9. The Hall–Kier alpha value is -7.69. The summed E-state index contributed by atoms with van der Waals surface area (Å²) in [4.78, 5) is 82.0. The quantitative estimate of drug-likeness (QED) is 0.0284. The molecule has 376 valence electrons. The first kappa shape index (κ1) is 52.1. The Balaban J connectivity index is 1.05. The van der Waals surface area contributed by atoms with Gasteiger partial charge in [-0.3, -0.25) is 28.0 Å². The van der Waals surface area contributed by atoms with Gasteiger partial charge in [0.25, 0.3) is 5.91 Å². The number of carboxylic acids is 1. The van der Waals surface area contributed by atoms with Crippen LogP contribution in [0.3, 0.4) is 0 Å². The number of benzene rings is 4. The van der Waals surface area contributed by atoms with Crippen LogP contribution in [0, 0.1) is 23.2 Å². The van der Waals surface area contributed by atoms with Crippen LogP contribution in [-0.2, 0) is 53.4 Å². The number of nitrogens with one attached hydrogen (secondary N) is 2. The van der Waals surface area contributed by atoms with Gasteiger partial charge in [0.1, 0.15) is 30.3 Å². The Morgan fingerprint density at radius 1 is 0.806 bits per heavy atom. The molecule has 1 aliphatic heterocycles. The van der Waals surface area contributed by atoms with Crippen molar-refractivity contribution in [1.29, 1.82) is 5.26 Å². The number of hydrogen-bond acceptors (Lipinski definition) is 16. The lowest BCUT2D eigenvalue weighted by Gasteiger charge is -2.26. The molecule has 1 saturated heterocycles. The molecule has 0 saturated carbocycles. The van der Waals surface area contributed by atoms with Crippen molar-refractivity contribution in [2.75, 3.05) is 25.1 Å². The number of alkyl carbamates (subject to hydrolysis) is 1. The summed E-state index contributed by atoms with van der Waals surface area (Å²) in [6.45, 7) is 5.08. The number of hydrogen-bond donors (Lipinski definition) is 3. The van der Waals surface area contributed by atoms with Gasteiger partial charge in [0.15, 0.2) is 18.4 Å². The lowest BCUT2D eigenvalue weighted by molar-refractivity contribution is -0.172. The van der Waals surface area contributed by atoms with E-state index in [1.165, 1.54) is 36.5 Å². The molecule has 0 spiro atoms. The van der Waals surface area contributed by atoms with E-state index in [-0.39, 0.29) is 36.9 Å². The molecule has 0 bridgehead atoms. The zero-order chi connectivity index (χ0) is 51.5. The van der Waals surface area contributed by atoms with Crippen LogP contribution in [0.15, 0.2) is 120 Å². The molecule has 2 heterocycles. The van der Waals surface area contributed by atoms with Crippen LogP contribution in [0.4, 0.5) is 10.6 Å². The summed E-state index contributed by atoms with van der Waals surface area (Å²) in [5.74, 6) is -5.14. The minimum absolute atomic E-state index is 0.0244. The van der Waals surface area contributed by atoms with E-state index in [1.807, 2.05) is 54.6 Å². The number of aliphatic carboxylic acids is 1. The Kier molecular flexibility index (Phi) is 17.0. The van der Waals surface area contributed by atoms with Gasteiger partial charge in [0, 0.05) is 24.1 Å². The van der Waals surface area contributed by atoms with Gasteiger partial charge >= 0.3 is 37.5 Å². The van der Waals surface area contributed by atoms with Crippen LogP contribution in [0.25, 0.3) is 11.1 Å². The molecule has 72 heavy (non-hydrogen) atoms. The summed E-state index contributed by atoms with van der Waals surface area (Å²) in [7, 11) is -4.72. The molecule has 20 nitrogen and oxygen atoms in total. The number of rotatable bonds is 21. The highest BCUT2D eigenvalue weighted by molar-refractivity contribution is 7.48. The van der Waals surface area contributed by atoms with E-state index >= 15 is 0 Å². The third-order valence-corrected chi connectivity index (χ3v) is 12.9. The number of phosphoric acid groups is 1. The summed E-state index contributed by atoms with van der Waals surface area (Å²) < 4.78 is 55.8. The fourth-order valence-corrected chi connectivity index (χ4v) is 9.02. The zero-order valence-corrected chi connectivity index (χ0v) is 40.5. The number of anilines is 1. The normalized spacial score (nSPS) is 18.2. The van der Waals surface area contributed by atoms with Crippen LogP contribution in [0.2, 0.25) is 0 Å². The second-order valence-corrected chi connectivity index (χ2v) is 18.9. The first-order chi connectivity index (χ1) is 34.5. The van der Waals surface area contributed by atoms with Crippen molar-refractivity contribution in [3.63, 3.8) is 0 Å². The molecule has 6 atom stereocenters. The monoisotopic (exact) mass is 1010 g/mol. The highest BCUT2D eigenvalue weighted by atomic mass is 31.2. The number of phosphoric ester groups is 1. The molecule has 2 amide bonds. The molecule has 0 radical (unpaired) electrons. The average molecular weight is 1010 g/mol. The zero-order valence-electron chi connectivity index (χ0n) is 39.6. The van der Waals surface area contributed by atoms with Crippen LogP contribution in [-0.4, -0.2) is 88.7 Å². The number of amides is 2. The lowest BCUT2D eigenvalue weighted by Crippen LogP contribution is -2.43. The van der Waals surface area contributed by atoms with Crippen molar-refractivity contribution in [3.05, 3.63) is 148 Å². The van der Waals surface area contributed by atoms with Gasteiger partial charge in [-0.2, -0.15) is 10.2 Å². The summed E-state index contributed by atoms with van der Waals surface area (Å²) in [5, 5.41) is 24.3. The Labute approximate surface area is 413 Å². The molecule has 1 aromatic heterocycles. The third-order valence-electron chi connectivity index (χ3n) is 11.5. The van der Waals surface area contributed by atoms with E-state index in [1.54, 1.807) is 58.0 Å². The van der Waals surface area contributed by atoms with Crippen molar-refractivity contribution in [3.8, 4) is 22.9 Å². The maximum Gasteiger partial charge on any atom is 0.530 e. The van der Waals surface area contributed by atoms with Crippen molar-refractivity contribution in [2.45, 2.75) is 77.0 Å². The Bertz CT molecular complexity index is 2880. The number of fused-ring (bicyclic) bond motifs is 3. The fraction of sp³-hybridized carbons (Fsp3) is 0.333. The summed E-state index contributed by atoms with van der Waals surface area (Å²) in [6, 6.07) is 31.2. The SMILES string of the molecule is CC(C)C(=O)O[C@@H]1[C@H](OC(=O)C(C)C)[C@@H](COP(=O)(OCCC#N)Oc2ccc(C[C@H](NC(=O)OCC3c4ccccc4-c4ccccc43)C(=O)O)cc2)O[C@H]1n1ccc(NC(=O)c2ccccc2)nc1=O.